The summed E-state index contributed by atoms with van der Waals surface area (Å²) in [7, 11) is 8.52. The standard InChI is InChI=1S/2C12H10N.2ClH.2Pd/c2*13-12-9-5-4-8-11(12)10-6-2-1-3-7-10;;;;/h2*1-6,8-9H,13H2;2*1H;;/q2*-1;;;;+2. The van der Waals surface area contributed by atoms with E-state index in [4.69, 9.17) is 11.5 Å². The Morgan fingerprint density at radius 2 is 0.900 bits per heavy atom. The minimum absolute atomic E-state index is 0. The second-order valence-corrected chi connectivity index (χ2v) is 8.53. The number of rotatable bonds is 2. The first-order valence-electron chi connectivity index (χ1n) is 8.64. The van der Waals surface area contributed by atoms with Gasteiger partial charge in [0, 0.05) is 20.4 Å². The van der Waals surface area contributed by atoms with Crippen molar-refractivity contribution < 1.29 is 55.4 Å². The summed E-state index contributed by atoms with van der Waals surface area (Å²) in [5, 5.41) is 0. The fraction of sp³-hybridized carbons (Fsp3) is 0. The van der Waals surface area contributed by atoms with Crippen LogP contribution in [0.2, 0.25) is 0 Å². The molecule has 162 valence electrons. The minimum atomic E-state index is 0. The first-order valence-corrected chi connectivity index (χ1v) is 13.0. The summed E-state index contributed by atoms with van der Waals surface area (Å²) in [6, 6.07) is 37.6. The van der Waals surface area contributed by atoms with Gasteiger partial charge in [-0.25, -0.2) is 0 Å². The molecule has 0 bridgehead atoms. The van der Waals surface area contributed by atoms with Crippen LogP contribution in [0.3, 0.4) is 0 Å². The molecule has 0 unspecified atom stereocenters. The summed E-state index contributed by atoms with van der Waals surface area (Å²) in [5.74, 6) is 0. The molecule has 0 aliphatic carbocycles. The molecule has 0 atom stereocenters. The van der Waals surface area contributed by atoms with Crippen LogP contribution >= 0.6 is 0 Å². The van der Waals surface area contributed by atoms with E-state index in [9.17, 15) is 0 Å². The third-order valence-corrected chi connectivity index (χ3v) is 3.92. The monoisotopic (exact) mass is 620 g/mol. The summed E-state index contributed by atoms with van der Waals surface area (Å²) >= 11 is 0.117. The van der Waals surface area contributed by atoms with Gasteiger partial charge >= 0.3 is 35.0 Å². The van der Waals surface area contributed by atoms with Gasteiger partial charge in [-0.05, 0) is 23.5 Å². The van der Waals surface area contributed by atoms with E-state index in [0.717, 1.165) is 33.6 Å². The molecule has 0 radical (unpaired) electrons. The number of nitrogens with two attached hydrogens (primary N) is 2. The van der Waals surface area contributed by atoms with E-state index >= 15 is 0 Å². The van der Waals surface area contributed by atoms with Gasteiger partial charge in [0.25, 0.3) is 0 Å². The third kappa shape index (κ3) is 8.63. The molecule has 0 amide bonds. The Kier molecular flexibility index (Phi) is 13.4. The molecule has 30 heavy (non-hydrogen) atoms. The first kappa shape index (κ1) is 26.4. The molecule has 6 heteroatoms. The molecule has 0 aromatic heterocycles. The molecular formula is C24H22Cl2N2Pd2. The van der Waals surface area contributed by atoms with Crippen molar-refractivity contribution in [2.45, 2.75) is 0 Å². The largest absolute Gasteiger partial charge is 0 e. The van der Waals surface area contributed by atoms with Crippen LogP contribution in [-0.2, 0) is 36.4 Å². The van der Waals surface area contributed by atoms with Crippen LogP contribution in [0.4, 0.5) is 11.4 Å². The number of nitrogen functional groups attached to an aromatic ring is 2. The third-order valence-electron chi connectivity index (χ3n) is 3.92. The topological polar surface area (TPSA) is 52.0 Å². The van der Waals surface area contributed by atoms with Crippen LogP contribution < -0.4 is 11.5 Å². The van der Waals surface area contributed by atoms with Crippen LogP contribution in [0, 0.1) is 31.2 Å². The number of para-hydroxylation sites is 2. The zero-order valence-electron chi connectivity index (χ0n) is 15.8. The number of hydrogen-bond acceptors (Lipinski definition) is 2. The van der Waals surface area contributed by atoms with E-state index in [-0.39, 0.29) is 36.4 Å². The fourth-order valence-electron chi connectivity index (χ4n) is 2.61. The van der Waals surface area contributed by atoms with Crippen LogP contribution in [0.25, 0.3) is 22.3 Å². The van der Waals surface area contributed by atoms with Crippen LogP contribution in [0.5, 0.6) is 0 Å². The molecular weight excluding hydrogens is 600 g/mol. The molecule has 0 fully saturated rings. The Morgan fingerprint density at radius 3 is 1.20 bits per heavy atom. The van der Waals surface area contributed by atoms with E-state index in [2.05, 4.69) is 31.2 Å². The Balaban J connectivity index is 0.000000258. The minimum Gasteiger partial charge on any atom is 0 e. The normalized spacial score (nSPS) is 9.27. The van der Waals surface area contributed by atoms with E-state index < -0.39 is 0 Å². The number of anilines is 2. The van der Waals surface area contributed by atoms with Gasteiger partial charge in [0.2, 0.25) is 0 Å². The first-order chi connectivity index (χ1) is 14.2. The molecule has 0 saturated carbocycles. The molecule has 4 rings (SSSR count). The molecule has 0 aliphatic rings. The summed E-state index contributed by atoms with van der Waals surface area (Å²) in [6.07, 6.45) is 0. The van der Waals surface area contributed by atoms with E-state index in [1.807, 2.05) is 97.1 Å². The SMILES string of the molecule is Nc1ccccc1-c1[c-]cccc1.Nc1ccccc1-c1[c-]cccc1.[ClH+][Pd][ClH+].[Pd]. The van der Waals surface area contributed by atoms with Crippen molar-refractivity contribution in [3.63, 3.8) is 0 Å². The van der Waals surface area contributed by atoms with Crippen LogP contribution in [0.1, 0.15) is 0 Å². The second kappa shape index (κ2) is 15.2. The second-order valence-electron chi connectivity index (χ2n) is 5.78. The summed E-state index contributed by atoms with van der Waals surface area (Å²) in [4.78, 5) is 0. The molecule has 0 aliphatic heterocycles. The van der Waals surface area contributed by atoms with Crippen molar-refractivity contribution >= 4 is 11.4 Å². The number of hydrogen-bond donors (Lipinski definition) is 2. The van der Waals surface area contributed by atoms with Crippen molar-refractivity contribution in [1.82, 2.24) is 0 Å². The maximum Gasteiger partial charge on any atom is 0 e. The van der Waals surface area contributed by atoms with Gasteiger partial charge in [0.15, 0.2) is 0 Å². The number of benzene rings is 4. The average Bonchev–Trinajstić information content (AvgIpc) is 2.77. The molecule has 0 spiro atoms. The van der Waals surface area contributed by atoms with Crippen molar-refractivity contribution in [2.24, 2.45) is 0 Å². The smallest absolute Gasteiger partial charge is 0 e. The van der Waals surface area contributed by atoms with E-state index in [0.29, 0.717) is 0 Å². The molecule has 4 aromatic rings. The zero-order chi connectivity index (χ0) is 20.9. The summed E-state index contributed by atoms with van der Waals surface area (Å²) in [5.41, 5.74) is 17.4. The van der Waals surface area contributed by atoms with Crippen molar-refractivity contribution in [2.75, 3.05) is 11.5 Å². The van der Waals surface area contributed by atoms with Gasteiger partial charge in [-0.2, -0.15) is 0 Å². The molecule has 4 aromatic carbocycles. The fourth-order valence-corrected chi connectivity index (χ4v) is 2.61. The Bertz CT molecular complexity index is 903. The quantitative estimate of drug-likeness (QED) is 0.190. The summed E-state index contributed by atoms with van der Waals surface area (Å²) in [6.45, 7) is 0. The predicted molar refractivity (Wildman–Crippen MR) is 113 cm³/mol. The molecule has 0 saturated heterocycles. The molecule has 4 N–H and O–H groups in total. The van der Waals surface area contributed by atoms with Crippen LogP contribution in [0.15, 0.2) is 97.1 Å². The Labute approximate surface area is 208 Å². The van der Waals surface area contributed by atoms with Gasteiger partial charge in [-0.3, -0.25) is 0 Å². The maximum absolute atomic E-state index is 5.83. The van der Waals surface area contributed by atoms with Crippen molar-refractivity contribution in [3.8, 4) is 22.3 Å². The zero-order valence-corrected chi connectivity index (χ0v) is 20.6. The molecule has 2 nitrogen and oxygen atoms in total. The average molecular weight is 622 g/mol. The Morgan fingerprint density at radius 1 is 0.567 bits per heavy atom. The van der Waals surface area contributed by atoms with Crippen molar-refractivity contribution in [3.05, 3.63) is 109 Å². The van der Waals surface area contributed by atoms with Gasteiger partial charge < -0.3 is 11.5 Å². The summed E-state index contributed by atoms with van der Waals surface area (Å²) < 4.78 is 0. The van der Waals surface area contributed by atoms with Gasteiger partial charge in [0.05, 0.1) is 0 Å². The van der Waals surface area contributed by atoms with Crippen LogP contribution in [-0.4, -0.2) is 0 Å². The van der Waals surface area contributed by atoms with E-state index in [1.54, 1.807) is 0 Å². The van der Waals surface area contributed by atoms with Crippen molar-refractivity contribution in [1.29, 1.82) is 0 Å². The molecule has 0 heterocycles. The van der Waals surface area contributed by atoms with Gasteiger partial charge in [0.1, 0.15) is 0 Å². The maximum atomic E-state index is 5.83. The Hall–Kier alpha value is -1.62. The predicted octanol–water partition coefficient (Wildman–Crippen LogP) is 4.93. The van der Waals surface area contributed by atoms with Gasteiger partial charge in [-0.15, -0.1) is 71.8 Å². The van der Waals surface area contributed by atoms with E-state index in [1.165, 1.54) is 0 Å². The number of halogens is 2. The van der Waals surface area contributed by atoms with Gasteiger partial charge in [-0.1, -0.05) is 47.5 Å².